The molecule has 0 atom stereocenters. The van der Waals surface area contributed by atoms with Gasteiger partial charge < -0.3 is 5.32 Å². The summed E-state index contributed by atoms with van der Waals surface area (Å²) in [7, 11) is 0. The molecule has 0 heterocycles. The number of nitrogens with one attached hydrogen (secondary N) is 1. The monoisotopic (exact) mass is 269 g/mol. The molecule has 0 aromatic rings. The molecule has 0 saturated carbocycles. The minimum absolute atomic E-state index is 0.862. The Morgan fingerprint density at radius 2 is 1.82 bits per heavy atom. The van der Waals surface area contributed by atoms with Crippen LogP contribution in [0.3, 0.4) is 0 Å². The van der Waals surface area contributed by atoms with Gasteiger partial charge in [-0.15, -0.1) is 0 Å². The van der Waals surface area contributed by atoms with Gasteiger partial charge in [-0.05, 0) is 38.3 Å². The lowest BCUT2D eigenvalue weighted by atomic mass is 10.1. The molecule has 0 aliphatic carbocycles. The molecule has 2 heteroatoms. The first-order chi connectivity index (χ1) is 5.27. The van der Waals surface area contributed by atoms with Crippen molar-refractivity contribution in [3.05, 3.63) is 0 Å². The molecule has 68 valence electrons. The van der Waals surface area contributed by atoms with Crippen LogP contribution >= 0.6 is 22.6 Å². The minimum atomic E-state index is 0.862. The van der Waals surface area contributed by atoms with E-state index in [1.165, 1.54) is 36.8 Å². The maximum absolute atomic E-state index is 3.44. The molecule has 1 N–H and O–H groups in total. The molecule has 0 aliphatic rings. The lowest BCUT2D eigenvalue weighted by Gasteiger charge is -2.05. The van der Waals surface area contributed by atoms with Crippen LogP contribution < -0.4 is 5.32 Å². The Balaban J connectivity index is 2.80. The summed E-state index contributed by atoms with van der Waals surface area (Å²) in [5.41, 5.74) is 0. The van der Waals surface area contributed by atoms with E-state index in [1.807, 2.05) is 0 Å². The van der Waals surface area contributed by atoms with Gasteiger partial charge in [0.1, 0.15) is 0 Å². The van der Waals surface area contributed by atoms with E-state index in [4.69, 9.17) is 0 Å². The molecular weight excluding hydrogens is 249 g/mol. The van der Waals surface area contributed by atoms with E-state index in [9.17, 15) is 0 Å². The van der Waals surface area contributed by atoms with Crippen LogP contribution in [-0.4, -0.2) is 17.5 Å². The normalized spacial score (nSPS) is 10.9. The van der Waals surface area contributed by atoms with Gasteiger partial charge in [-0.1, -0.05) is 36.4 Å². The number of halogens is 1. The fourth-order valence-electron chi connectivity index (χ4n) is 0.952. The summed E-state index contributed by atoms with van der Waals surface area (Å²) < 4.78 is 1.27. The number of alkyl halides is 1. The van der Waals surface area contributed by atoms with Crippen molar-refractivity contribution in [2.45, 2.75) is 33.1 Å². The molecule has 0 aromatic carbocycles. The third kappa shape index (κ3) is 10.7. The zero-order valence-corrected chi connectivity index (χ0v) is 9.86. The summed E-state index contributed by atoms with van der Waals surface area (Å²) in [5.74, 6) is 0.862. The van der Waals surface area contributed by atoms with Crippen molar-refractivity contribution in [3.63, 3.8) is 0 Å². The maximum atomic E-state index is 3.44. The summed E-state index contributed by atoms with van der Waals surface area (Å²) in [5, 5.41) is 3.44. The fraction of sp³-hybridized carbons (Fsp3) is 1.00. The second-order valence-corrected chi connectivity index (χ2v) is 4.41. The predicted molar refractivity (Wildman–Crippen MR) is 60.4 cm³/mol. The predicted octanol–water partition coefficient (Wildman–Crippen LogP) is 2.84. The maximum Gasteiger partial charge on any atom is 0.000735 e. The average Bonchev–Trinajstić information content (AvgIpc) is 1.96. The molecule has 0 saturated heterocycles. The summed E-state index contributed by atoms with van der Waals surface area (Å²) in [6.07, 6.45) is 4.00. The van der Waals surface area contributed by atoms with Crippen molar-refractivity contribution in [2.24, 2.45) is 5.92 Å². The second-order valence-electron chi connectivity index (χ2n) is 3.33. The van der Waals surface area contributed by atoms with Crippen LogP contribution in [0.2, 0.25) is 0 Å². The molecule has 11 heavy (non-hydrogen) atoms. The van der Waals surface area contributed by atoms with Gasteiger partial charge in [0.15, 0.2) is 0 Å². The first kappa shape index (κ1) is 11.7. The van der Waals surface area contributed by atoms with Gasteiger partial charge in [-0.25, -0.2) is 0 Å². The van der Waals surface area contributed by atoms with Crippen LogP contribution in [0.5, 0.6) is 0 Å². The second kappa shape index (κ2) is 8.78. The molecule has 0 aliphatic heterocycles. The van der Waals surface area contributed by atoms with Crippen LogP contribution in [0.4, 0.5) is 0 Å². The van der Waals surface area contributed by atoms with Gasteiger partial charge in [0.2, 0.25) is 0 Å². The van der Waals surface area contributed by atoms with Gasteiger partial charge in [0.25, 0.3) is 0 Å². The molecule has 0 rings (SSSR count). The van der Waals surface area contributed by atoms with E-state index in [1.54, 1.807) is 0 Å². The van der Waals surface area contributed by atoms with Gasteiger partial charge in [0.05, 0.1) is 0 Å². The van der Waals surface area contributed by atoms with E-state index in [0.717, 1.165) is 5.92 Å². The van der Waals surface area contributed by atoms with Gasteiger partial charge in [-0.3, -0.25) is 0 Å². The Hall–Kier alpha value is 0.690. The van der Waals surface area contributed by atoms with E-state index >= 15 is 0 Å². The molecule has 0 bridgehead atoms. The van der Waals surface area contributed by atoms with Crippen LogP contribution in [0.1, 0.15) is 33.1 Å². The van der Waals surface area contributed by atoms with Crippen molar-refractivity contribution in [3.8, 4) is 0 Å². The van der Waals surface area contributed by atoms with E-state index in [-0.39, 0.29) is 0 Å². The van der Waals surface area contributed by atoms with Crippen molar-refractivity contribution in [1.29, 1.82) is 0 Å². The van der Waals surface area contributed by atoms with Crippen molar-refractivity contribution in [2.75, 3.05) is 17.5 Å². The van der Waals surface area contributed by atoms with Crippen LogP contribution in [0.25, 0.3) is 0 Å². The number of hydrogen-bond acceptors (Lipinski definition) is 1. The van der Waals surface area contributed by atoms with Crippen LogP contribution in [0.15, 0.2) is 0 Å². The zero-order valence-electron chi connectivity index (χ0n) is 7.70. The van der Waals surface area contributed by atoms with Gasteiger partial charge in [-0.2, -0.15) is 0 Å². The van der Waals surface area contributed by atoms with E-state index in [0.29, 0.717) is 0 Å². The fourth-order valence-corrected chi connectivity index (χ4v) is 1.33. The summed E-state index contributed by atoms with van der Waals surface area (Å²) in [6.45, 7) is 6.96. The Morgan fingerprint density at radius 1 is 1.18 bits per heavy atom. The van der Waals surface area contributed by atoms with Crippen molar-refractivity contribution < 1.29 is 0 Å². The standard InChI is InChI=1S/C9H20IN/c1-9(2)5-3-7-11-8-4-6-10/h9,11H,3-8H2,1-2H3. The molecule has 0 unspecified atom stereocenters. The van der Waals surface area contributed by atoms with Crippen molar-refractivity contribution in [1.82, 2.24) is 5.32 Å². The zero-order chi connectivity index (χ0) is 8.53. The Labute approximate surface area is 84.5 Å². The Morgan fingerprint density at radius 3 is 2.36 bits per heavy atom. The molecule has 0 fully saturated rings. The number of hydrogen-bond donors (Lipinski definition) is 1. The highest BCUT2D eigenvalue weighted by molar-refractivity contribution is 14.1. The highest BCUT2D eigenvalue weighted by Crippen LogP contribution is 2.01. The lowest BCUT2D eigenvalue weighted by Crippen LogP contribution is -2.17. The van der Waals surface area contributed by atoms with Crippen LogP contribution in [-0.2, 0) is 0 Å². The minimum Gasteiger partial charge on any atom is -0.317 e. The summed E-state index contributed by atoms with van der Waals surface area (Å²) in [6, 6.07) is 0. The van der Waals surface area contributed by atoms with E-state index in [2.05, 4.69) is 41.8 Å². The molecule has 1 nitrogen and oxygen atoms in total. The third-order valence-electron chi connectivity index (χ3n) is 1.62. The summed E-state index contributed by atoms with van der Waals surface area (Å²) in [4.78, 5) is 0. The SMILES string of the molecule is CC(C)CCCNCCCI. The van der Waals surface area contributed by atoms with E-state index < -0.39 is 0 Å². The highest BCUT2D eigenvalue weighted by Gasteiger charge is 1.92. The van der Waals surface area contributed by atoms with Crippen LogP contribution in [0, 0.1) is 5.92 Å². The van der Waals surface area contributed by atoms with Gasteiger partial charge >= 0.3 is 0 Å². The quantitative estimate of drug-likeness (QED) is 0.426. The Bertz CT molecular complexity index is 74.0. The lowest BCUT2D eigenvalue weighted by molar-refractivity contribution is 0.528. The van der Waals surface area contributed by atoms with Gasteiger partial charge in [0, 0.05) is 4.43 Å². The topological polar surface area (TPSA) is 12.0 Å². The first-order valence-corrected chi connectivity index (χ1v) is 6.06. The summed E-state index contributed by atoms with van der Waals surface area (Å²) >= 11 is 2.42. The highest BCUT2D eigenvalue weighted by atomic mass is 127. The molecule has 0 spiro atoms. The molecule has 0 aromatic heterocycles. The molecule has 0 amide bonds. The average molecular weight is 269 g/mol. The molecule has 0 radical (unpaired) electrons. The smallest absolute Gasteiger partial charge is 0.000735 e. The molecular formula is C9H20IN. The number of rotatable bonds is 7. The Kier molecular flexibility index (Phi) is 9.33. The van der Waals surface area contributed by atoms with Crippen molar-refractivity contribution >= 4 is 22.6 Å². The third-order valence-corrected chi connectivity index (χ3v) is 2.39. The first-order valence-electron chi connectivity index (χ1n) is 4.54. The largest absolute Gasteiger partial charge is 0.317 e.